The molecule has 1 heterocycles. The zero-order chi connectivity index (χ0) is 13.1. The number of hydrogen-bond acceptors (Lipinski definition) is 2. The van der Waals surface area contributed by atoms with Crippen molar-refractivity contribution in [3.8, 4) is 0 Å². The lowest BCUT2D eigenvalue weighted by Crippen LogP contribution is -2.36. The number of ether oxygens (including phenoxy) is 1. The van der Waals surface area contributed by atoms with E-state index < -0.39 is 0 Å². The highest BCUT2D eigenvalue weighted by molar-refractivity contribution is 5.29. The number of hydrogen-bond donors (Lipinski definition) is 1. The average Bonchev–Trinajstić information content (AvgIpc) is 2.49. The number of aryl methyl sites for hydroxylation is 1. The van der Waals surface area contributed by atoms with Gasteiger partial charge in [-0.3, -0.25) is 0 Å². The zero-order valence-corrected chi connectivity index (χ0v) is 11.2. The SMILES string of the molecule is Cc1ccccc1C1CNCC(c2ccccc2)O1. The first kappa shape index (κ1) is 12.4. The van der Waals surface area contributed by atoms with Gasteiger partial charge < -0.3 is 10.1 Å². The van der Waals surface area contributed by atoms with Gasteiger partial charge in [0.2, 0.25) is 0 Å². The first-order valence-corrected chi connectivity index (χ1v) is 6.81. The molecule has 1 fully saturated rings. The van der Waals surface area contributed by atoms with Crippen LogP contribution in [0.15, 0.2) is 54.6 Å². The Bertz CT molecular complexity index is 538. The van der Waals surface area contributed by atoms with Gasteiger partial charge >= 0.3 is 0 Å². The Morgan fingerprint density at radius 2 is 1.58 bits per heavy atom. The van der Waals surface area contributed by atoms with Crippen LogP contribution in [-0.4, -0.2) is 13.1 Å². The van der Waals surface area contributed by atoms with Crippen LogP contribution in [0.1, 0.15) is 28.9 Å². The lowest BCUT2D eigenvalue weighted by atomic mass is 10.0. The summed E-state index contributed by atoms with van der Waals surface area (Å²) in [5, 5.41) is 3.48. The van der Waals surface area contributed by atoms with Crippen molar-refractivity contribution in [3.63, 3.8) is 0 Å². The molecule has 98 valence electrons. The van der Waals surface area contributed by atoms with Crippen molar-refractivity contribution in [3.05, 3.63) is 71.3 Å². The smallest absolute Gasteiger partial charge is 0.0960 e. The molecular weight excluding hydrogens is 234 g/mol. The van der Waals surface area contributed by atoms with Gasteiger partial charge in [-0.1, -0.05) is 54.6 Å². The molecule has 1 saturated heterocycles. The molecule has 2 nitrogen and oxygen atoms in total. The van der Waals surface area contributed by atoms with Crippen molar-refractivity contribution in [1.29, 1.82) is 0 Å². The third-order valence-corrected chi connectivity index (χ3v) is 3.69. The molecule has 2 aromatic rings. The van der Waals surface area contributed by atoms with Crippen molar-refractivity contribution in [2.45, 2.75) is 19.1 Å². The minimum atomic E-state index is 0.138. The van der Waals surface area contributed by atoms with E-state index >= 15 is 0 Å². The molecule has 0 amide bonds. The van der Waals surface area contributed by atoms with E-state index in [1.165, 1.54) is 16.7 Å². The summed E-state index contributed by atoms with van der Waals surface area (Å²) in [5.74, 6) is 0. The molecule has 3 rings (SSSR count). The molecule has 2 aromatic carbocycles. The summed E-state index contributed by atoms with van der Waals surface area (Å²) >= 11 is 0. The van der Waals surface area contributed by atoms with E-state index in [2.05, 4.69) is 60.8 Å². The van der Waals surface area contributed by atoms with Crippen LogP contribution < -0.4 is 5.32 Å². The molecule has 1 aliphatic heterocycles. The van der Waals surface area contributed by atoms with Crippen molar-refractivity contribution < 1.29 is 4.74 Å². The summed E-state index contributed by atoms with van der Waals surface area (Å²) in [6.45, 7) is 3.91. The fourth-order valence-electron chi connectivity index (χ4n) is 2.64. The molecule has 1 aliphatic rings. The third-order valence-electron chi connectivity index (χ3n) is 3.69. The van der Waals surface area contributed by atoms with Crippen molar-refractivity contribution in [2.75, 3.05) is 13.1 Å². The van der Waals surface area contributed by atoms with Gasteiger partial charge in [-0.2, -0.15) is 0 Å². The van der Waals surface area contributed by atoms with Crippen molar-refractivity contribution in [1.82, 2.24) is 5.32 Å². The summed E-state index contributed by atoms with van der Waals surface area (Å²) in [6.07, 6.45) is 0.278. The van der Waals surface area contributed by atoms with Crippen LogP contribution in [-0.2, 0) is 4.74 Å². The fourth-order valence-corrected chi connectivity index (χ4v) is 2.64. The monoisotopic (exact) mass is 253 g/mol. The van der Waals surface area contributed by atoms with Crippen LogP contribution in [0.3, 0.4) is 0 Å². The summed E-state index contributed by atoms with van der Waals surface area (Å²) in [5.41, 5.74) is 3.83. The molecule has 0 saturated carbocycles. The maximum Gasteiger partial charge on any atom is 0.0960 e. The number of benzene rings is 2. The topological polar surface area (TPSA) is 21.3 Å². The molecule has 0 aliphatic carbocycles. The Kier molecular flexibility index (Phi) is 3.62. The summed E-state index contributed by atoms with van der Waals surface area (Å²) in [4.78, 5) is 0. The van der Waals surface area contributed by atoms with Gasteiger partial charge in [-0.05, 0) is 23.6 Å². The second-order valence-corrected chi connectivity index (χ2v) is 5.04. The molecular formula is C17H19NO. The minimum Gasteiger partial charge on any atom is -0.363 e. The van der Waals surface area contributed by atoms with E-state index in [-0.39, 0.29) is 12.2 Å². The second kappa shape index (κ2) is 5.55. The fraction of sp³-hybridized carbons (Fsp3) is 0.294. The van der Waals surface area contributed by atoms with Gasteiger partial charge in [-0.25, -0.2) is 0 Å². The van der Waals surface area contributed by atoms with Crippen LogP contribution in [0.5, 0.6) is 0 Å². The molecule has 19 heavy (non-hydrogen) atoms. The molecule has 2 unspecified atom stereocenters. The predicted molar refractivity (Wildman–Crippen MR) is 77.1 cm³/mol. The molecule has 1 N–H and O–H groups in total. The second-order valence-electron chi connectivity index (χ2n) is 5.04. The molecule has 0 radical (unpaired) electrons. The highest BCUT2D eigenvalue weighted by Crippen LogP contribution is 2.30. The Labute approximate surface area is 114 Å². The van der Waals surface area contributed by atoms with Gasteiger partial charge in [-0.15, -0.1) is 0 Å². The number of nitrogens with one attached hydrogen (secondary N) is 1. The largest absolute Gasteiger partial charge is 0.363 e. The standard InChI is InChI=1S/C17H19NO/c1-13-7-5-6-10-15(13)17-12-18-11-16(19-17)14-8-3-2-4-9-14/h2-10,16-18H,11-12H2,1H3. The molecule has 0 bridgehead atoms. The van der Waals surface area contributed by atoms with Gasteiger partial charge in [0.15, 0.2) is 0 Å². The normalized spacial score (nSPS) is 23.2. The van der Waals surface area contributed by atoms with E-state index in [1.807, 2.05) is 6.07 Å². The van der Waals surface area contributed by atoms with Gasteiger partial charge in [0.1, 0.15) is 0 Å². The number of morpholine rings is 1. The first-order valence-electron chi connectivity index (χ1n) is 6.81. The van der Waals surface area contributed by atoms with Crippen molar-refractivity contribution in [2.24, 2.45) is 0 Å². The molecule has 2 heteroatoms. The van der Waals surface area contributed by atoms with Crippen LogP contribution in [0.25, 0.3) is 0 Å². The Morgan fingerprint density at radius 1 is 0.895 bits per heavy atom. The third kappa shape index (κ3) is 2.70. The molecule has 2 atom stereocenters. The molecule has 0 aromatic heterocycles. The quantitative estimate of drug-likeness (QED) is 0.885. The first-order chi connectivity index (χ1) is 9.34. The van der Waals surface area contributed by atoms with Crippen LogP contribution in [0.4, 0.5) is 0 Å². The van der Waals surface area contributed by atoms with Crippen LogP contribution >= 0.6 is 0 Å². The Hall–Kier alpha value is -1.64. The summed E-state index contributed by atoms with van der Waals surface area (Å²) in [7, 11) is 0. The maximum atomic E-state index is 6.28. The lowest BCUT2D eigenvalue weighted by Gasteiger charge is -2.32. The van der Waals surface area contributed by atoms with Crippen molar-refractivity contribution >= 4 is 0 Å². The van der Waals surface area contributed by atoms with Crippen LogP contribution in [0.2, 0.25) is 0 Å². The average molecular weight is 253 g/mol. The van der Waals surface area contributed by atoms with E-state index in [4.69, 9.17) is 4.74 Å². The van der Waals surface area contributed by atoms with E-state index in [1.54, 1.807) is 0 Å². The summed E-state index contributed by atoms with van der Waals surface area (Å²) < 4.78 is 6.28. The maximum absolute atomic E-state index is 6.28. The highest BCUT2D eigenvalue weighted by atomic mass is 16.5. The highest BCUT2D eigenvalue weighted by Gasteiger charge is 2.25. The van der Waals surface area contributed by atoms with Gasteiger partial charge in [0, 0.05) is 13.1 Å². The van der Waals surface area contributed by atoms with E-state index in [9.17, 15) is 0 Å². The van der Waals surface area contributed by atoms with Gasteiger partial charge in [0.05, 0.1) is 12.2 Å². The zero-order valence-electron chi connectivity index (χ0n) is 11.2. The Balaban J connectivity index is 1.81. The Morgan fingerprint density at radius 3 is 2.37 bits per heavy atom. The summed E-state index contributed by atoms with van der Waals surface area (Å²) in [6, 6.07) is 18.9. The van der Waals surface area contributed by atoms with Gasteiger partial charge in [0.25, 0.3) is 0 Å². The lowest BCUT2D eigenvalue weighted by molar-refractivity contribution is -0.0408. The van der Waals surface area contributed by atoms with Crippen LogP contribution in [0, 0.1) is 6.92 Å². The predicted octanol–water partition coefficient (Wildman–Crippen LogP) is 3.40. The number of rotatable bonds is 2. The van der Waals surface area contributed by atoms with E-state index in [0.29, 0.717) is 0 Å². The minimum absolute atomic E-state index is 0.138. The van der Waals surface area contributed by atoms with E-state index in [0.717, 1.165) is 13.1 Å². The molecule has 0 spiro atoms.